The molecule has 1 amide bonds. The van der Waals surface area contributed by atoms with Crippen LogP contribution in [0.5, 0.6) is 0 Å². The molecule has 0 spiro atoms. The number of nitrogen functional groups attached to an aromatic ring is 1. The zero-order chi connectivity index (χ0) is 15.1. The number of aryl methyl sites for hydroxylation is 1. The maximum Gasteiger partial charge on any atom is 0.270 e. The molecule has 1 atom stereocenters. The van der Waals surface area contributed by atoms with Gasteiger partial charge in [0.2, 0.25) is 0 Å². The number of hydrogen-bond acceptors (Lipinski definition) is 3. The molecule has 2 aromatic rings. The summed E-state index contributed by atoms with van der Waals surface area (Å²) in [5.41, 5.74) is 7.26. The summed E-state index contributed by atoms with van der Waals surface area (Å²) < 4.78 is 2.04. The number of carbonyl (C=O) groups excluding carboxylic acids is 1. The van der Waals surface area contributed by atoms with Crippen molar-refractivity contribution in [3.63, 3.8) is 0 Å². The van der Waals surface area contributed by atoms with Gasteiger partial charge in [0.05, 0.1) is 11.7 Å². The highest BCUT2D eigenvalue weighted by molar-refractivity contribution is 7.12. The number of nitrogens with two attached hydrogens (primary N) is 1. The molecule has 3 rings (SSSR count). The van der Waals surface area contributed by atoms with E-state index in [2.05, 4.69) is 26.0 Å². The van der Waals surface area contributed by atoms with Crippen molar-refractivity contribution < 1.29 is 4.79 Å². The molecule has 0 radical (unpaired) electrons. The predicted octanol–water partition coefficient (Wildman–Crippen LogP) is 3.61. The first-order chi connectivity index (χ1) is 9.97. The number of carbonyl (C=O) groups is 1. The van der Waals surface area contributed by atoms with E-state index in [0.717, 1.165) is 12.8 Å². The minimum absolute atomic E-state index is 0.0390. The van der Waals surface area contributed by atoms with Crippen LogP contribution < -0.4 is 5.73 Å². The lowest BCUT2D eigenvalue weighted by Crippen LogP contribution is -2.30. The van der Waals surface area contributed by atoms with Crippen LogP contribution in [0, 0.1) is 6.92 Å². The predicted molar refractivity (Wildman–Crippen MR) is 86.7 cm³/mol. The van der Waals surface area contributed by atoms with Gasteiger partial charge < -0.3 is 15.2 Å². The molecule has 21 heavy (non-hydrogen) atoms. The van der Waals surface area contributed by atoms with Crippen molar-refractivity contribution in [2.45, 2.75) is 38.8 Å². The average Bonchev–Trinajstić information content (AvgIpc) is 3.10. The standard InChI is InChI=1S/C16H21N3OS/c1-10-4-7-15(21-10)11(2)18(3)16(20)14-8-12(17)9-19(14)13-5-6-13/h4,7-9,11,13H,5-6,17H2,1-3H3. The van der Waals surface area contributed by atoms with Crippen molar-refractivity contribution in [3.05, 3.63) is 39.8 Å². The highest BCUT2D eigenvalue weighted by Gasteiger charge is 2.30. The van der Waals surface area contributed by atoms with Crippen LogP contribution in [-0.2, 0) is 0 Å². The molecule has 5 heteroatoms. The molecule has 1 saturated carbocycles. The zero-order valence-corrected chi connectivity index (χ0v) is 13.5. The Kier molecular flexibility index (Phi) is 3.53. The van der Waals surface area contributed by atoms with Gasteiger partial charge in [-0.3, -0.25) is 4.79 Å². The Balaban J connectivity index is 1.84. The summed E-state index contributed by atoms with van der Waals surface area (Å²) in [6, 6.07) is 6.51. The van der Waals surface area contributed by atoms with E-state index in [1.807, 2.05) is 17.8 Å². The van der Waals surface area contributed by atoms with Gasteiger partial charge in [0.25, 0.3) is 5.91 Å². The molecule has 0 aromatic carbocycles. The van der Waals surface area contributed by atoms with Gasteiger partial charge in [0.15, 0.2) is 0 Å². The molecule has 1 aliphatic carbocycles. The highest BCUT2D eigenvalue weighted by Crippen LogP contribution is 2.38. The first-order valence-electron chi connectivity index (χ1n) is 7.28. The monoisotopic (exact) mass is 303 g/mol. The van der Waals surface area contributed by atoms with E-state index in [0.29, 0.717) is 17.4 Å². The molecular formula is C16H21N3OS. The average molecular weight is 303 g/mol. The second-order valence-corrected chi connectivity index (χ2v) is 7.16. The van der Waals surface area contributed by atoms with E-state index in [9.17, 15) is 4.79 Å². The summed E-state index contributed by atoms with van der Waals surface area (Å²) in [4.78, 5) is 17.1. The van der Waals surface area contributed by atoms with Crippen LogP contribution in [0.15, 0.2) is 24.4 Å². The van der Waals surface area contributed by atoms with E-state index < -0.39 is 0 Å². The second-order valence-electron chi connectivity index (χ2n) is 5.84. The largest absolute Gasteiger partial charge is 0.397 e. The highest BCUT2D eigenvalue weighted by atomic mass is 32.1. The molecular weight excluding hydrogens is 282 g/mol. The van der Waals surface area contributed by atoms with Crippen LogP contribution in [0.1, 0.15) is 52.1 Å². The van der Waals surface area contributed by atoms with E-state index >= 15 is 0 Å². The topological polar surface area (TPSA) is 51.3 Å². The minimum Gasteiger partial charge on any atom is -0.397 e. The Morgan fingerprint density at radius 1 is 1.48 bits per heavy atom. The first-order valence-corrected chi connectivity index (χ1v) is 8.10. The molecule has 0 bridgehead atoms. The molecule has 1 unspecified atom stereocenters. The zero-order valence-electron chi connectivity index (χ0n) is 12.7. The fourth-order valence-corrected chi connectivity index (χ4v) is 3.52. The maximum absolute atomic E-state index is 12.8. The number of anilines is 1. The summed E-state index contributed by atoms with van der Waals surface area (Å²) in [7, 11) is 1.86. The maximum atomic E-state index is 12.8. The molecule has 4 nitrogen and oxygen atoms in total. The molecule has 2 N–H and O–H groups in total. The smallest absolute Gasteiger partial charge is 0.270 e. The summed E-state index contributed by atoms with van der Waals surface area (Å²) >= 11 is 1.74. The fourth-order valence-electron chi connectivity index (χ4n) is 2.55. The van der Waals surface area contributed by atoms with Crippen LogP contribution in [0.4, 0.5) is 5.69 Å². The van der Waals surface area contributed by atoms with Crippen LogP contribution in [-0.4, -0.2) is 22.4 Å². The molecule has 0 aliphatic heterocycles. The Labute approximate surface area is 129 Å². The van der Waals surface area contributed by atoms with E-state index in [1.54, 1.807) is 22.3 Å². The van der Waals surface area contributed by atoms with Crippen LogP contribution in [0.25, 0.3) is 0 Å². The molecule has 1 aliphatic rings. The lowest BCUT2D eigenvalue weighted by Gasteiger charge is -2.24. The normalized spacial score (nSPS) is 16.0. The van der Waals surface area contributed by atoms with E-state index in [4.69, 9.17) is 5.73 Å². The van der Waals surface area contributed by atoms with Gasteiger partial charge in [-0.2, -0.15) is 0 Å². The van der Waals surface area contributed by atoms with E-state index in [1.165, 1.54) is 9.75 Å². The van der Waals surface area contributed by atoms with Gasteiger partial charge in [-0.05, 0) is 44.9 Å². The van der Waals surface area contributed by atoms with Gasteiger partial charge in [0, 0.05) is 29.0 Å². The summed E-state index contributed by atoms with van der Waals surface area (Å²) in [6.07, 6.45) is 4.16. The van der Waals surface area contributed by atoms with Crippen LogP contribution >= 0.6 is 11.3 Å². The molecule has 2 heterocycles. The van der Waals surface area contributed by atoms with Gasteiger partial charge >= 0.3 is 0 Å². The first kappa shape index (κ1) is 14.2. The van der Waals surface area contributed by atoms with Gasteiger partial charge in [-0.1, -0.05) is 0 Å². The quantitative estimate of drug-likeness (QED) is 0.938. The van der Waals surface area contributed by atoms with Gasteiger partial charge in [-0.15, -0.1) is 11.3 Å². The van der Waals surface area contributed by atoms with Gasteiger partial charge in [0.1, 0.15) is 5.69 Å². The van der Waals surface area contributed by atoms with Crippen LogP contribution in [0.2, 0.25) is 0 Å². The number of nitrogens with zero attached hydrogens (tertiary/aromatic N) is 2. The Hall–Kier alpha value is -1.75. The third-order valence-electron chi connectivity index (χ3n) is 4.10. The Morgan fingerprint density at radius 3 is 2.76 bits per heavy atom. The number of hydrogen-bond donors (Lipinski definition) is 1. The summed E-state index contributed by atoms with van der Waals surface area (Å²) in [6.45, 7) is 4.15. The van der Waals surface area contributed by atoms with Gasteiger partial charge in [-0.25, -0.2) is 0 Å². The summed E-state index contributed by atoms with van der Waals surface area (Å²) in [5, 5.41) is 0. The van der Waals surface area contributed by atoms with Crippen molar-refractivity contribution in [1.82, 2.24) is 9.47 Å². The molecule has 2 aromatic heterocycles. The third-order valence-corrected chi connectivity index (χ3v) is 5.27. The molecule has 1 fully saturated rings. The molecule has 0 saturated heterocycles. The third kappa shape index (κ3) is 2.70. The van der Waals surface area contributed by atoms with Crippen LogP contribution in [0.3, 0.4) is 0 Å². The number of rotatable bonds is 4. The number of amides is 1. The Morgan fingerprint density at radius 2 is 2.19 bits per heavy atom. The summed E-state index contributed by atoms with van der Waals surface area (Å²) in [5.74, 6) is 0.0390. The number of thiophene rings is 1. The van der Waals surface area contributed by atoms with Crippen molar-refractivity contribution in [1.29, 1.82) is 0 Å². The fraction of sp³-hybridized carbons (Fsp3) is 0.438. The SMILES string of the molecule is Cc1ccc(C(C)N(C)C(=O)c2cc(N)cn2C2CC2)s1. The van der Waals surface area contributed by atoms with Crippen molar-refractivity contribution in [2.24, 2.45) is 0 Å². The minimum atomic E-state index is 0.0390. The lowest BCUT2D eigenvalue weighted by atomic mass is 10.2. The van der Waals surface area contributed by atoms with Crippen molar-refractivity contribution in [3.8, 4) is 0 Å². The Bertz CT molecular complexity index is 669. The van der Waals surface area contributed by atoms with E-state index in [-0.39, 0.29) is 11.9 Å². The van der Waals surface area contributed by atoms with Crippen molar-refractivity contribution >= 4 is 22.9 Å². The lowest BCUT2D eigenvalue weighted by molar-refractivity contribution is 0.0734. The second kappa shape index (κ2) is 5.22. The molecule has 112 valence electrons. The number of aromatic nitrogens is 1. The van der Waals surface area contributed by atoms with Crippen molar-refractivity contribution in [2.75, 3.05) is 12.8 Å².